The second-order valence-corrected chi connectivity index (χ2v) is 9.29. The zero-order chi connectivity index (χ0) is 20.9. The lowest BCUT2D eigenvalue weighted by Gasteiger charge is -2.24. The highest BCUT2D eigenvalue weighted by molar-refractivity contribution is 7.16. The molecule has 2 aliphatic rings. The molecule has 1 saturated carbocycles. The van der Waals surface area contributed by atoms with E-state index in [0.29, 0.717) is 22.4 Å². The highest BCUT2D eigenvalue weighted by Gasteiger charge is 2.31. The zero-order valence-corrected chi connectivity index (χ0v) is 18.2. The van der Waals surface area contributed by atoms with Gasteiger partial charge in [0.2, 0.25) is 5.91 Å². The lowest BCUT2D eigenvalue weighted by Crippen LogP contribution is -2.35. The van der Waals surface area contributed by atoms with Gasteiger partial charge in [0.15, 0.2) is 5.13 Å². The van der Waals surface area contributed by atoms with E-state index in [-0.39, 0.29) is 17.7 Å². The number of anilines is 1. The molecule has 0 radical (unpaired) electrons. The van der Waals surface area contributed by atoms with Gasteiger partial charge in [-0.25, -0.2) is 4.98 Å². The molecule has 7 heteroatoms. The van der Waals surface area contributed by atoms with E-state index in [9.17, 15) is 9.59 Å². The number of hydrogen-bond donors (Lipinski definition) is 2. The quantitative estimate of drug-likeness (QED) is 0.710. The Balaban J connectivity index is 1.40. The van der Waals surface area contributed by atoms with Gasteiger partial charge in [0.1, 0.15) is 5.75 Å². The predicted octanol–water partition coefficient (Wildman–Crippen LogP) is 4.52. The van der Waals surface area contributed by atoms with Gasteiger partial charge in [0.05, 0.1) is 18.7 Å². The SMILES string of the molecule is COc1ccc(C(=O)Nc2nc3c(s2)CCCC3C(=O)NCC2CCCCC2)cc1. The molecule has 0 bridgehead atoms. The molecule has 160 valence electrons. The number of fused-ring (bicyclic) bond motifs is 1. The molecule has 30 heavy (non-hydrogen) atoms. The molecule has 1 unspecified atom stereocenters. The number of ether oxygens (including phenoxy) is 1. The molecule has 4 rings (SSSR count). The van der Waals surface area contributed by atoms with Crippen LogP contribution in [0.4, 0.5) is 5.13 Å². The van der Waals surface area contributed by atoms with Crippen LogP contribution < -0.4 is 15.4 Å². The number of nitrogens with one attached hydrogen (secondary N) is 2. The van der Waals surface area contributed by atoms with E-state index in [1.54, 1.807) is 31.4 Å². The molecule has 2 aliphatic carbocycles. The Kier molecular flexibility index (Phi) is 6.67. The van der Waals surface area contributed by atoms with Crippen LogP contribution in [-0.4, -0.2) is 30.5 Å². The standard InChI is InChI=1S/C23H29N3O3S/c1-29-17-12-10-16(11-13-17)21(27)26-23-25-20-18(8-5-9-19(20)30-23)22(28)24-14-15-6-3-2-4-7-15/h10-13,15,18H,2-9,14H2,1H3,(H,24,28)(H,25,26,27). The minimum atomic E-state index is -0.208. The molecule has 0 saturated heterocycles. The van der Waals surface area contributed by atoms with Crippen molar-refractivity contribution < 1.29 is 14.3 Å². The number of carbonyl (C=O) groups is 2. The van der Waals surface area contributed by atoms with Gasteiger partial charge in [0.25, 0.3) is 5.91 Å². The number of amides is 2. The third-order valence-electron chi connectivity index (χ3n) is 6.13. The van der Waals surface area contributed by atoms with Crippen LogP contribution in [0.1, 0.15) is 71.8 Å². The van der Waals surface area contributed by atoms with Gasteiger partial charge in [-0.15, -0.1) is 11.3 Å². The second-order valence-electron chi connectivity index (χ2n) is 8.20. The van der Waals surface area contributed by atoms with Crippen molar-refractivity contribution >= 4 is 28.3 Å². The topological polar surface area (TPSA) is 80.3 Å². The molecule has 1 aromatic carbocycles. The molecule has 1 aromatic heterocycles. The number of carbonyl (C=O) groups excluding carboxylic acids is 2. The molecule has 2 amide bonds. The van der Waals surface area contributed by atoms with E-state index in [1.165, 1.54) is 43.4 Å². The Morgan fingerprint density at radius 3 is 2.60 bits per heavy atom. The summed E-state index contributed by atoms with van der Waals surface area (Å²) < 4.78 is 5.14. The second kappa shape index (κ2) is 9.60. The minimum absolute atomic E-state index is 0.0832. The smallest absolute Gasteiger partial charge is 0.257 e. The summed E-state index contributed by atoms with van der Waals surface area (Å²) in [6.45, 7) is 0.774. The average Bonchev–Trinajstić information content (AvgIpc) is 3.20. The lowest BCUT2D eigenvalue weighted by atomic mass is 9.88. The maximum absolute atomic E-state index is 12.9. The van der Waals surface area contributed by atoms with Crippen molar-refractivity contribution in [3.05, 3.63) is 40.4 Å². The summed E-state index contributed by atoms with van der Waals surface area (Å²) in [5.41, 5.74) is 1.39. The van der Waals surface area contributed by atoms with Crippen LogP contribution in [0.3, 0.4) is 0 Å². The minimum Gasteiger partial charge on any atom is -0.497 e. The summed E-state index contributed by atoms with van der Waals surface area (Å²) in [6, 6.07) is 6.97. The first kappa shape index (κ1) is 20.8. The number of rotatable bonds is 6. The highest BCUT2D eigenvalue weighted by atomic mass is 32.1. The first-order chi connectivity index (χ1) is 14.6. The molecular formula is C23H29N3O3S. The van der Waals surface area contributed by atoms with Crippen molar-refractivity contribution in [1.29, 1.82) is 0 Å². The number of benzene rings is 1. The Morgan fingerprint density at radius 2 is 1.87 bits per heavy atom. The van der Waals surface area contributed by atoms with Gasteiger partial charge in [-0.1, -0.05) is 19.3 Å². The monoisotopic (exact) mass is 427 g/mol. The van der Waals surface area contributed by atoms with Crippen LogP contribution in [0.2, 0.25) is 0 Å². The summed E-state index contributed by atoms with van der Waals surface area (Å²) in [5, 5.41) is 6.63. The number of methoxy groups -OCH3 is 1. The first-order valence-electron chi connectivity index (χ1n) is 10.9. The fourth-order valence-corrected chi connectivity index (χ4v) is 5.46. The largest absolute Gasteiger partial charge is 0.497 e. The average molecular weight is 428 g/mol. The van der Waals surface area contributed by atoms with Gasteiger partial charge < -0.3 is 10.1 Å². The van der Waals surface area contributed by atoms with Crippen LogP contribution in [0.25, 0.3) is 0 Å². The van der Waals surface area contributed by atoms with Crippen LogP contribution in [0.5, 0.6) is 5.75 Å². The Labute approximate surface area is 181 Å². The maximum Gasteiger partial charge on any atom is 0.257 e. The Bertz CT molecular complexity index is 888. The van der Waals surface area contributed by atoms with E-state index in [1.807, 2.05) is 0 Å². The molecule has 6 nitrogen and oxygen atoms in total. The third kappa shape index (κ3) is 4.83. The maximum atomic E-state index is 12.9. The molecule has 2 N–H and O–H groups in total. The van der Waals surface area contributed by atoms with Crippen molar-refractivity contribution in [3.8, 4) is 5.75 Å². The lowest BCUT2D eigenvalue weighted by molar-refractivity contribution is -0.123. The molecule has 1 atom stereocenters. The van der Waals surface area contributed by atoms with Crippen molar-refractivity contribution in [2.24, 2.45) is 5.92 Å². The normalized spacial score (nSPS) is 19.0. The first-order valence-corrected chi connectivity index (χ1v) is 11.7. The number of aryl methyl sites for hydroxylation is 1. The van der Waals surface area contributed by atoms with Crippen LogP contribution >= 0.6 is 11.3 Å². The van der Waals surface area contributed by atoms with E-state index in [2.05, 4.69) is 15.6 Å². The molecular weight excluding hydrogens is 398 g/mol. The van der Waals surface area contributed by atoms with Crippen molar-refractivity contribution in [3.63, 3.8) is 0 Å². The van der Waals surface area contributed by atoms with Crippen molar-refractivity contribution in [2.45, 2.75) is 57.3 Å². The highest BCUT2D eigenvalue weighted by Crippen LogP contribution is 2.37. The number of hydrogen-bond acceptors (Lipinski definition) is 5. The summed E-state index contributed by atoms with van der Waals surface area (Å²) in [5.74, 6) is 0.987. The fourth-order valence-electron chi connectivity index (χ4n) is 4.40. The zero-order valence-electron chi connectivity index (χ0n) is 17.4. The van der Waals surface area contributed by atoms with Crippen LogP contribution in [0, 0.1) is 5.92 Å². The van der Waals surface area contributed by atoms with Gasteiger partial charge in [-0.05, 0) is 62.3 Å². The van der Waals surface area contributed by atoms with E-state index in [4.69, 9.17) is 4.74 Å². The molecule has 1 fully saturated rings. The number of aromatic nitrogens is 1. The Hall–Kier alpha value is -2.41. The van der Waals surface area contributed by atoms with Crippen LogP contribution in [0.15, 0.2) is 24.3 Å². The van der Waals surface area contributed by atoms with Crippen molar-refractivity contribution in [1.82, 2.24) is 10.3 Å². The number of nitrogens with zero attached hydrogens (tertiary/aromatic N) is 1. The third-order valence-corrected chi connectivity index (χ3v) is 7.18. The summed E-state index contributed by atoms with van der Waals surface area (Å²) >= 11 is 1.49. The van der Waals surface area contributed by atoms with Gasteiger partial charge in [0, 0.05) is 17.0 Å². The van der Waals surface area contributed by atoms with Gasteiger partial charge in [-0.3, -0.25) is 14.9 Å². The Morgan fingerprint density at radius 1 is 1.10 bits per heavy atom. The molecule has 0 spiro atoms. The van der Waals surface area contributed by atoms with E-state index >= 15 is 0 Å². The van der Waals surface area contributed by atoms with E-state index in [0.717, 1.165) is 36.4 Å². The van der Waals surface area contributed by atoms with Crippen molar-refractivity contribution in [2.75, 3.05) is 19.0 Å². The molecule has 1 heterocycles. The van der Waals surface area contributed by atoms with Crippen LogP contribution in [-0.2, 0) is 11.2 Å². The molecule has 0 aliphatic heterocycles. The van der Waals surface area contributed by atoms with Gasteiger partial charge in [-0.2, -0.15) is 0 Å². The van der Waals surface area contributed by atoms with E-state index < -0.39 is 0 Å². The fraction of sp³-hybridized carbons (Fsp3) is 0.522. The predicted molar refractivity (Wildman–Crippen MR) is 118 cm³/mol. The summed E-state index contributed by atoms with van der Waals surface area (Å²) in [6.07, 6.45) is 9.01. The summed E-state index contributed by atoms with van der Waals surface area (Å²) in [7, 11) is 1.59. The summed E-state index contributed by atoms with van der Waals surface area (Å²) in [4.78, 5) is 31.2. The van der Waals surface area contributed by atoms with Gasteiger partial charge >= 0.3 is 0 Å². The number of thiazole rings is 1. The molecule has 2 aromatic rings.